The number of rotatable bonds is 0. The highest BCUT2D eigenvalue weighted by molar-refractivity contribution is 5.33. The molecular weight excluding hydrogens is 184 g/mol. The minimum Gasteiger partial charge on any atom is -0.312 e. The maximum Gasteiger partial charge on any atom is 0.0208 e. The maximum absolute atomic E-state index is 3.57. The Morgan fingerprint density at radius 2 is 2.13 bits per heavy atom. The summed E-state index contributed by atoms with van der Waals surface area (Å²) in [6.07, 6.45) is 0. The third kappa shape index (κ3) is 1.58. The normalized spacial score (nSPS) is 30.7. The Morgan fingerprint density at radius 3 is 3.07 bits per heavy atom. The number of nitrogens with one attached hydrogen (secondary N) is 1. The summed E-state index contributed by atoms with van der Waals surface area (Å²) in [7, 11) is 2.23. The van der Waals surface area contributed by atoms with Crippen molar-refractivity contribution in [3.05, 3.63) is 35.4 Å². The van der Waals surface area contributed by atoms with E-state index in [4.69, 9.17) is 0 Å². The highest BCUT2D eigenvalue weighted by atomic mass is 15.1. The zero-order valence-electron chi connectivity index (χ0n) is 9.24. The molecule has 2 heterocycles. The van der Waals surface area contributed by atoms with Gasteiger partial charge in [0.2, 0.25) is 0 Å². The third-order valence-corrected chi connectivity index (χ3v) is 3.80. The van der Waals surface area contributed by atoms with E-state index in [1.807, 2.05) is 0 Å². The van der Waals surface area contributed by atoms with Gasteiger partial charge in [0.05, 0.1) is 0 Å². The van der Waals surface area contributed by atoms with Crippen LogP contribution in [0, 0.1) is 5.92 Å². The zero-order valence-corrected chi connectivity index (χ0v) is 9.24. The SMILES string of the molecule is CN1C[C@H]2CNCc3ccccc3[C@@H]2C1. The quantitative estimate of drug-likeness (QED) is 0.685. The zero-order chi connectivity index (χ0) is 10.3. The molecule has 2 heteroatoms. The van der Waals surface area contributed by atoms with Crippen LogP contribution >= 0.6 is 0 Å². The molecule has 0 spiro atoms. The molecule has 1 saturated heterocycles. The van der Waals surface area contributed by atoms with Crippen LogP contribution in [-0.4, -0.2) is 31.6 Å². The average molecular weight is 202 g/mol. The molecule has 15 heavy (non-hydrogen) atoms. The first kappa shape index (κ1) is 9.37. The molecule has 0 aliphatic carbocycles. The standard InChI is InChI=1S/C13H18N2/c1-15-8-11-7-14-6-10-4-2-3-5-12(10)13(11)9-15/h2-5,11,13-14H,6-9H2,1H3/t11-,13-/m1/s1. The Hall–Kier alpha value is -0.860. The summed E-state index contributed by atoms with van der Waals surface area (Å²) >= 11 is 0. The van der Waals surface area contributed by atoms with Crippen LogP contribution in [0.3, 0.4) is 0 Å². The smallest absolute Gasteiger partial charge is 0.0208 e. The summed E-state index contributed by atoms with van der Waals surface area (Å²) in [5.74, 6) is 1.56. The second-order valence-electron chi connectivity index (χ2n) is 4.92. The van der Waals surface area contributed by atoms with Crippen LogP contribution < -0.4 is 5.32 Å². The molecule has 0 radical (unpaired) electrons. The Labute approximate surface area is 91.3 Å². The number of hydrogen-bond acceptors (Lipinski definition) is 2. The Morgan fingerprint density at radius 1 is 1.27 bits per heavy atom. The molecular formula is C13H18N2. The van der Waals surface area contributed by atoms with Crippen molar-refractivity contribution in [3.8, 4) is 0 Å². The molecule has 0 unspecified atom stereocenters. The minimum atomic E-state index is 0.751. The van der Waals surface area contributed by atoms with Gasteiger partial charge < -0.3 is 10.2 Å². The molecule has 3 rings (SSSR count). The molecule has 2 aliphatic heterocycles. The van der Waals surface area contributed by atoms with Gasteiger partial charge in [-0.2, -0.15) is 0 Å². The van der Waals surface area contributed by atoms with Crippen molar-refractivity contribution in [1.82, 2.24) is 10.2 Å². The number of benzene rings is 1. The van der Waals surface area contributed by atoms with Gasteiger partial charge >= 0.3 is 0 Å². The first-order chi connectivity index (χ1) is 7.34. The van der Waals surface area contributed by atoms with Gasteiger partial charge in [-0.05, 0) is 24.1 Å². The van der Waals surface area contributed by atoms with Crippen molar-refractivity contribution in [1.29, 1.82) is 0 Å². The van der Waals surface area contributed by atoms with Gasteiger partial charge in [-0.3, -0.25) is 0 Å². The molecule has 1 aromatic rings. The third-order valence-electron chi connectivity index (χ3n) is 3.80. The predicted molar refractivity (Wildman–Crippen MR) is 61.9 cm³/mol. The second kappa shape index (κ2) is 3.62. The topological polar surface area (TPSA) is 15.3 Å². The number of nitrogens with zero attached hydrogens (tertiary/aromatic N) is 1. The molecule has 80 valence electrons. The fourth-order valence-electron chi connectivity index (χ4n) is 3.10. The molecule has 2 atom stereocenters. The van der Waals surface area contributed by atoms with Crippen LogP contribution in [0.1, 0.15) is 17.0 Å². The number of likely N-dealkylation sites (tertiary alicyclic amines) is 1. The Kier molecular flexibility index (Phi) is 2.26. The minimum absolute atomic E-state index is 0.751. The van der Waals surface area contributed by atoms with Crippen LogP contribution in [0.2, 0.25) is 0 Å². The second-order valence-corrected chi connectivity index (χ2v) is 4.92. The molecule has 0 aromatic heterocycles. The van der Waals surface area contributed by atoms with Gasteiger partial charge in [0.1, 0.15) is 0 Å². The predicted octanol–water partition coefficient (Wildman–Crippen LogP) is 1.43. The monoisotopic (exact) mass is 202 g/mol. The lowest BCUT2D eigenvalue weighted by molar-refractivity contribution is 0.388. The van der Waals surface area contributed by atoms with E-state index in [-0.39, 0.29) is 0 Å². The molecule has 0 bridgehead atoms. The molecule has 1 fully saturated rings. The molecule has 1 N–H and O–H groups in total. The van der Waals surface area contributed by atoms with Crippen LogP contribution in [0.4, 0.5) is 0 Å². The highest BCUT2D eigenvalue weighted by Gasteiger charge is 2.34. The van der Waals surface area contributed by atoms with Gasteiger partial charge in [0.25, 0.3) is 0 Å². The van der Waals surface area contributed by atoms with Crippen LogP contribution in [-0.2, 0) is 6.54 Å². The molecule has 2 nitrogen and oxygen atoms in total. The fraction of sp³-hybridized carbons (Fsp3) is 0.538. The number of hydrogen-bond donors (Lipinski definition) is 1. The number of fused-ring (bicyclic) bond motifs is 3. The lowest BCUT2D eigenvalue weighted by Crippen LogP contribution is -2.24. The van der Waals surface area contributed by atoms with Crippen LogP contribution in [0.5, 0.6) is 0 Å². The van der Waals surface area contributed by atoms with Crippen molar-refractivity contribution in [2.24, 2.45) is 5.92 Å². The molecule has 1 aromatic carbocycles. The maximum atomic E-state index is 3.57. The van der Waals surface area contributed by atoms with Crippen molar-refractivity contribution in [3.63, 3.8) is 0 Å². The average Bonchev–Trinajstić information content (AvgIpc) is 2.52. The molecule has 0 saturated carbocycles. The van der Waals surface area contributed by atoms with Crippen molar-refractivity contribution in [2.45, 2.75) is 12.5 Å². The van der Waals surface area contributed by atoms with Crippen molar-refractivity contribution >= 4 is 0 Å². The van der Waals surface area contributed by atoms with E-state index in [2.05, 4.69) is 41.5 Å². The number of likely N-dealkylation sites (N-methyl/N-ethyl adjacent to an activating group) is 1. The Bertz CT molecular complexity index is 361. The van der Waals surface area contributed by atoms with E-state index in [0.29, 0.717) is 0 Å². The van der Waals surface area contributed by atoms with E-state index in [0.717, 1.165) is 18.4 Å². The van der Waals surface area contributed by atoms with Gasteiger partial charge in [-0.15, -0.1) is 0 Å². The van der Waals surface area contributed by atoms with E-state index >= 15 is 0 Å². The van der Waals surface area contributed by atoms with E-state index in [1.165, 1.54) is 25.2 Å². The van der Waals surface area contributed by atoms with Crippen LogP contribution in [0.15, 0.2) is 24.3 Å². The molecule has 0 amide bonds. The first-order valence-corrected chi connectivity index (χ1v) is 5.81. The molecule has 2 aliphatic rings. The van der Waals surface area contributed by atoms with Crippen molar-refractivity contribution in [2.75, 3.05) is 26.7 Å². The summed E-state index contributed by atoms with van der Waals surface area (Å²) in [6, 6.07) is 8.92. The summed E-state index contributed by atoms with van der Waals surface area (Å²) in [4.78, 5) is 2.46. The van der Waals surface area contributed by atoms with E-state index in [1.54, 1.807) is 5.56 Å². The van der Waals surface area contributed by atoms with Crippen molar-refractivity contribution < 1.29 is 0 Å². The fourth-order valence-corrected chi connectivity index (χ4v) is 3.10. The van der Waals surface area contributed by atoms with Gasteiger partial charge in [-0.25, -0.2) is 0 Å². The lowest BCUT2D eigenvalue weighted by Gasteiger charge is -2.16. The summed E-state index contributed by atoms with van der Waals surface area (Å²) in [5, 5.41) is 3.57. The Balaban J connectivity index is 2.01. The largest absolute Gasteiger partial charge is 0.312 e. The summed E-state index contributed by atoms with van der Waals surface area (Å²) < 4.78 is 0. The lowest BCUT2D eigenvalue weighted by atomic mass is 9.87. The summed E-state index contributed by atoms with van der Waals surface area (Å²) in [6.45, 7) is 4.69. The van der Waals surface area contributed by atoms with E-state index < -0.39 is 0 Å². The summed E-state index contributed by atoms with van der Waals surface area (Å²) in [5.41, 5.74) is 3.08. The van der Waals surface area contributed by atoms with Crippen LogP contribution in [0.25, 0.3) is 0 Å². The highest BCUT2D eigenvalue weighted by Crippen LogP contribution is 2.35. The van der Waals surface area contributed by atoms with Gasteiger partial charge in [0.15, 0.2) is 0 Å². The van der Waals surface area contributed by atoms with E-state index in [9.17, 15) is 0 Å². The first-order valence-electron chi connectivity index (χ1n) is 5.81. The van der Waals surface area contributed by atoms with Gasteiger partial charge in [0, 0.05) is 32.1 Å². The van der Waals surface area contributed by atoms with Gasteiger partial charge in [-0.1, -0.05) is 24.3 Å².